The normalized spacial score (nSPS) is 15.5. The first-order valence-corrected chi connectivity index (χ1v) is 6.38. The minimum Gasteiger partial charge on any atom is -0.354 e. The van der Waals surface area contributed by atoms with Gasteiger partial charge in [-0.3, -0.25) is 9.59 Å². The standard InChI is InChI=1S/C12H23N3O2.ClH/c1-3-15(4-2)10(16)6-5-9-14-11(17)12(13)7-8-12;/h3-9,13H2,1-2H3,(H,14,17);1H. The summed E-state index contributed by atoms with van der Waals surface area (Å²) in [6, 6.07) is 0. The number of rotatable bonds is 7. The maximum absolute atomic E-state index is 11.6. The van der Waals surface area contributed by atoms with E-state index in [9.17, 15) is 9.59 Å². The zero-order valence-corrected chi connectivity index (χ0v) is 12.0. The molecule has 2 amide bonds. The molecule has 0 unspecified atom stereocenters. The topological polar surface area (TPSA) is 75.4 Å². The number of nitrogens with one attached hydrogen (secondary N) is 1. The van der Waals surface area contributed by atoms with Crippen LogP contribution in [-0.2, 0) is 9.59 Å². The third-order valence-electron chi connectivity index (χ3n) is 3.21. The molecule has 1 saturated carbocycles. The first-order chi connectivity index (χ1) is 8.03. The lowest BCUT2D eigenvalue weighted by atomic mass is 10.2. The van der Waals surface area contributed by atoms with Crippen LogP contribution in [0.5, 0.6) is 0 Å². The van der Waals surface area contributed by atoms with Crippen LogP contribution < -0.4 is 11.1 Å². The quantitative estimate of drug-likeness (QED) is 0.672. The van der Waals surface area contributed by atoms with E-state index in [-0.39, 0.29) is 24.2 Å². The SMILES string of the molecule is CCN(CC)C(=O)CCCNC(=O)C1(N)CC1.Cl. The van der Waals surface area contributed by atoms with Gasteiger partial charge in [0.1, 0.15) is 0 Å². The molecule has 0 saturated heterocycles. The molecule has 0 aromatic rings. The molecule has 1 aliphatic carbocycles. The molecule has 0 atom stereocenters. The lowest BCUT2D eigenvalue weighted by Gasteiger charge is -2.18. The Kier molecular flexibility index (Phi) is 7.25. The highest BCUT2D eigenvalue weighted by Crippen LogP contribution is 2.31. The van der Waals surface area contributed by atoms with E-state index in [0.717, 1.165) is 25.9 Å². The van der Waals surface area contributed by atoms with Crippen LogP contribution in [0.3, 0.4) is 0 Å². The van der Waals surface area contributed by atoms with Crippen LogP contribution in [0.15, 0.2) is 0 Å². The van der Waals surface area contributed by atoms with Crippen LogP contribution in [-0.4, -0.2) is 41.9 Å². The fourth-order valence-corrected chi connectivity index (χ4v) is 1.71. The summed E-state index contributed by atoms with van der Waals surface area (Å²) in [7, 11) is 0. The maximum atomic E-state index is 11.6. The Morgan fingerprint density at radius 3 is 2.28 bits per heavy atom. The molecule has 1 fully saturated rings. The minimum absolute atomic E-state index is 0. The van der Waals surface area contributed by atoms with Gasteiger partial charge in [-0.2, -0.15) is 0 Å². The van der Waals surface area contributed by atoms with Gasteiger partial charge in [0.15, 0.2) is 0 Å². The van der Waals surface area contributed by atoms with Crippen LogP contribution in [0.1, 0.15) is 39.5 Å². The molecule has 6 heteroatoms. The predicted molar refractivity (Wildman–Crippen MR) is 73.6 cm³/mol. The fourth-order valence-electron chi connectivity index (χ4n) is 1.71. The lowest BCUT2D eigenvalue weighted by molar-refractivity contribution is -0.131. The largest absolute Gasteiger partial charge is 0.354 e. The zero-order valence-electron chi connectivity index (χ0n) is 11.2. The summed E-state index contributed by atoms with van der Waals surface area (Å²) in [5, 5.41) is 2.78. The Bertz CT molecular complexity index is 289. The van der Waals surface area contributed by atoms with E-state index in [1.807, 2.05) is 13.8 Å². The molecular weight excluding hydrogens is 254 g/mol. The van der Waals surface area contributed by atoms with Gasteiger partial charge in [-0.1, -0.05) is 0 Å². The molecule has 1 aliphatic rings. The Labute approximate surface area is 115 Å². The molecule has 18 heavy (non-hydrogen) atoms. The average molecular weight is 278 g/mol. The van der Waals surface area contributed by atoms with Gasteiger partial charge in [0.2, 0.25) is 11.8 Å². The van der Waals surface area contributed by atoms with Crippen molar-refractivity contribution in [1.29, 1.82) is 0 Å². The van der Waals surface area contributed by atoms with Gasteiger partial charge < -0.3 is 16.0 Å². The maximum Gasteiger partial charge on any atom is 0.240 e. The predicted octanol–water partition coefficient (Wildman–Crippen LogP) is 0.664. The molecule has 0 aliphatic heterocycles. The lowest BCUT2D eigenvalue weighted by Crippen LogP contribution is -2.43. The van der Waals surface area contributed by atoms with Crippen LogP contribution >= 0.6 is 12.4 Å². The third-order valence-corrected chi connectivity index (χ3v) is 3.21. The van der Waals surface area contributed by atoms with E-state index < -0.39 is 5.54 Å². The van der Waals surface area contributed by atoms with Crippen LogP contribution in [0, 0.1) is 0 Å². The van der Waals surface area contributed by atoms with E-state index in [1.54, 1.807) is 4.90 Å². The van der Waals surface area contributed by atoms with Crippen molar-refractivity contribution in [3.8, 4) is 0 Å². The molecule has 106 valence electrons. The molecule has 0 bridgehead atoms. The molecule has 0 aromatic carbocycles. The highest BCUT2D eigenvalue weighted by molar-refractivity contribution is 5.89. The van der Waals surface area contributed by atoms with Gasteiger partial charge >= 0.3 is 0 Å². The van der Waals surface area contributed by atoms with Crippen molar-refractivity contribution in [1.82, 2.24) is 10.2 Å². The van der Waals surface area contributed by atoms with Crippen molar-refractivity contribution < 1.29 is 9.59 Å². The van der Waals surface area contributed by atoms with E-state index in [1.165, 1.54) is 0 Å². The first-order valence-electron chi connectivity index (χ1n) is 6.38. The van der Waals surface area contributed by atoms with Crippen molar-refractivity contribution in [2.24, 2.45) is 5.73 Å². The first kappa shape index (κ1) is 17.2. The fraction of sp³-hybridized carbons (Fsp3) is 0.833. The summed E-state index contributed by atoms with van der Waals surface area (Å²) in [6.07, 6.45) is 2.71. The van der Waals surface area contributed by atoms with Crippen molar-refractivity contribution >= 4 is 24.2 Å². The number of hydrogen-bond donors (Lipinski definition) is 2. The molecule has 3 N–H and O–H groups in total. The molecule has 0 heterocycles. The number of carbonyl (C=O) groups is 2. The van der Waals surface area contributed by atoms with Gasteiger partial charge in [-0.05, 0) is 33.1 Å². The summed E-state index contributed by atoms with van der Waals surface area (Å²) in [5.74, 6) is 0.0749. The molecular formula is C12H24ClN3O2. The second-order valence-corrected chi connectivity index (χ2v) is 4.58. The summed E-state index contributed by atoms with van der Waals surface area (Å²) < 4.78 is 0. The molecule has 0 radical (unpaired) electrons. The Morgan fingerprint density at radius 1 is 1.28 bits per heavy atom. The number of nitrogens with two attached hydrogens (primary N) is 1. The van der Waals surface area contributed by atoms with Crippen LogP contribution in [0.4, 0.5) is 0 Å². The van der Waals surface area contributed by atoms with E-state index in [0.29, 0.717) is 19.4 Å². The number of carbonyl (C=O) groups excluding carboxylic acids is 2. The Morgan fingerprint density at radius 2 is 1.83 bits per heavy atom. The van der Waals surface area contributed by atoms with Crippen LogP contribution in [0.2, 0.25) is 0 Å². The van der Waals surface area contributed by atoms with Gasteiger partial charge in [-0.25, -0.2) is 0 Å². The molecule has 0 spiro atoms. The van der Waals surface area contributed by atoms with E-state index in [4.69, 9.17) is 5.73 Å². The van der Waals surface area contributed by atoms with Gasteiger partial charge in [0.05, 0.1) is 5.54 Å². The highest BCUT2D eigenvalue weighted by Gasteiger charge is 2.45. The third kappa shape index (κ3) is 4.82. The molecule has 0 aromatic heterocycles. The molecule has 5 nitrogen and oxygen atoms in total. The van der Waals surface area contributed by atoms with Gasteiger partial charge in [-0.15, -0.1) is 12.4 Å². The van der Waals surface area contributed by atoms with Crippen molar-refractivity contribution in [2.45, 2.75) is 45.1 Å². The van der Waals surface area contributed by atoms with Crippen molar-refractivity contribution in [3.05, 3.63) is 0 Å². The zero-order chi connectivity index (χ0) is 12.9. The monoisotopic (exact) mass is 277 g/mol. The number of nitrogens with zero attached hydrogens (tertiary/aromatic N) is 1. The summed E-state index contributed by atoms with van der Waals surface area (Å²) in [5.41, 5.74) is 5.13. The number of amides is 2. The van der Waals surface area contributed by atoms with E-state index in [2.05, 4.69) is 5.32 Å². The Hall–Kier alpha value is -0.810. The Balaban J connectivity index is 0.00000289. The molecule has 1 rings (SSSR count). The summed E-state index contributed by atoms with van der Waals surface area (Å²) in [4.78, 5) is 24.9. The second-order valence-electron chi connectivity index (χ2n) is 4.58. The van der Waals surface area contributed by atoms with Gasteiger partial charge in [0.25, 0.3) is 0 Å². The second kappa shape index (κ2) is 7.59. The van der Waals surface area contributed by atoms with Crippen molar-refractivity contribution in [3.63, 3.8) is 0 Å². The summed E-state index contributed by atoms with van der Waals surface area (Å²) >= 11 is 0. The smallest absolute Gasteiger partial charge is 0.240 e. The number of halogens is 1. The van der Waals surface area contributed by atoms with Crippen molar-refractivity contribution in [2.75, 3.05) is 19.6 Å². The van der Waals surface area contributed by atoms with Crippen LogP contribution in [0.25, 0.3) is 0 Å². The minimum atomic E-state index is -0.608. The van der Waals surface area contributed by atoms with E-state index >= 15 is 0 Å². The average Bonchev–Trinajstić information content (AvgIpc) is 3.05. The number of hydrogen-bond acceptors (Lipinski definition) is 3. The summed E-state index contributed by atoms with van der Waals surface area (Å²) in [6.45, 7) is 5.95. The van der Waals surface area contributed by atoms with Gasteiger partial charge in [0, 0.05) is 26.1 Å². The highest BCUT2D eigenvalue weighted by atomic mass is 35.5.